The van der Waals surface area contributed by atoms with Crippen LogP contribution in [0.1, 0.15) is 30.9 Å². The first-order chi connectivity index (χ1) is 12.9. The van der Waals surface area contributed by atoms with Crippen LogP contribution in [-0.4, -0.2) is 34.3 Å². The van der Waals surface area contributed by atoms with E-state index in [4.69, 9.17) is 5.11 Å². The summed E-state index contributed by atoms with van der Waals surface area (Å²) in [7, 11) is 0. The van der Waals surface area contributed by atoms with E-state index in [0.717, 1.165) is 11.1 Å². The molecule has 0 saturated heterocycles. The molecule has 0 aliphatic rings. The Bertz CT molecular complexity index is 749. The maximum atomic E-state index is 12.3. The molecular formula is C21H26N2O4. The summed E-state index contributed by atoms with van der Waals surface area (Å²) in [6.07, 6.45) is 1.51. The van der Waals surface area contributed by atoms with Crippen LogP contribution in [0.15, 0.2) is 54.6 Å². The van der Waals surface area contributed by atoms with E-state index in [0.29, 0.717) is 19.3 Å². The van der Waals surface area contributed by atoms with E-state index in [1.54, 1.807) is 18.2 Å². The molecule has 2 aromatic carbocycles. The van der Waals surface area contributed by atoms with E-state index >= 15 is 0 Å². The maximum Gasteiger partial charge on any atom is 0.315 e. The van der Waals surface area contributed by atoms with Gasteiger partial charge in [0.15, 0.2) is 0 Å². The molecular weight excluding hydrogens is 344 g/mol. The zero-order chi connectivity index (χ0) is 19.6. The van der Waals surface area contributed by atoms with Crippen LogP contribution in [0.25, 0.3) is 0 Å². The minimum absolute atomic E-state index is 0.00335. The van der Waals surface area contributed by atoms with Crippen LogP contribution in [-0.2, 0) is 17.6 Å². The van der Waals surface area contributed by atoms with Crippen molar-refractivity contribution in [1.82, 2.24) is 10.6 Å². The molecule has 0 radical (unpaired) electrons. The Morgan fingerprint density at radius 2 is 1.67 bits per heavy atom. The summed E-state index contributed by atoms with van der Waals surface area (Å²) >= 11 is 0. The van der Waals surface area contributed by atoms with Crippen molar-refractivity contribution >= 4 is 12.0 Å². The molecule has 0 spiro atoms. The van der Waals surface area contributed by atoms with Crippen molar-refractivity contribution in [2.75, 3.05) is 0 Å². The number of benzene rings is 2. The first-order valence-electron chi connectivity index (χ1n) is 9.03. The largest absolute Gasteiger partial charge is 0.508 e. The number of carbonyl (C=O) groups excluding carboxylic acids is 1. The topological polar surface area (TPSA) is 98.7 Å². The number of carboxylic acids is 1. The maximum absolute atomic E-state index is 12.3. The molecule has 0 aliphatic heterocycles. The van der Waals surface area contributed by atoms with Crippen molar-refractivity contribution in [3.05, 3.63) is 65.7 Å². The van der Waals surface area contributed by atoms with Gasteiger partial charge in [-0.1, -0.05) is 42.5 Å². The van der Waals surface area contributed by atoms with Crippen LogP contribution in [0, 0.1) is 0 Å². The Morgan fingerprint density at radius 1 is 0.963 bits per heavy atom. The van der Waals surface area contributed by atoms with Gasteiger partial charge in [-0.25, -0.2) is 4.79 Å². The number of phenols is 1. The van der Waals surface area contributed by atoms with E-state index in [-0.39, 0.29) is 30.3 Å². The fraction of sp³-hybridized carbons (Fsp3) is 0.333. The Morgan fingerprint density at radius 3 is 2.33 bits per heavy atom. The van der Waals surface area contributed by atoms with E-state index in [9.17, 15) is 14.7 Å². The van der Waals surface area contributed by atoms with Gasteiger partial charge in [-0.3, -0.25) is 4.79 Å². The van der Waals surface area contributed by atoms with Gasteiger partial charge in [0.1, 0.15) is 5.75 Å². The van der Waals surface area contributed by atoms with Gasteiger partial charge in [-0.15, -0.1) is 0 Å². The highest BCUT2D eigenvalue weighted by Gasteiger charge is 2.16. The average Bonchev–Trinajstić information content (AvgIpc) is 2.60. The molecule has 0 fully saturated rings. The number of carbonyl (C=O) groups is 2. The van der Waals surface area contributed by atoms with Gasteiger partial charge in [0.25, 0.3) is 0 Å². The van der Waals surface area contributed by atoms with Gasteiger partial charge < -0.3 is 20.8 Å². The van der Waals surface area contributed by atoms with Crippen molar-refractivity contribution in [1.29, 1.82) is 0 Å². The number of amides is 2. The summed E-state index contributed by atoms with van der Waals surface area (Å²) in [5.41, 5.74) is 1.97. The van der Waals surface area contributed by atoms with Crippen molar-refractivity contribution in [2.45, 2.75) is 44.7 Å². The Kier molecular flexibility index (Phi) is 7.67. The highest BCUT2D eigenvalue weighted by atomic mass is 16.4. The Labute approximate surface area is 159 Å². The number of carboxylic acid groups (broad SMARTS) is 1. The van der Waals surface area contributed by atoms with E-state index in [1.807, 2.05) is 43.3 Å². The van der Waals surface area contributed by atoms with Crippen LogP contribution in [0.4, 0.5) is 4.79 Å². The number of rotatable bonds is 9. The van der Waals surface area contributed by atoms with Crippen LogP contribution in [0.5, 0.6) is 5.75 Å². The third kappa shape index (κ3) is 7.81. The van der Waals surface area contributed by atoms with Crippen molar-refractivity contribution in [3.63, 3.8) is 0 Å². The molecule has 0 heterocycles. The SMILES string of the molecule is CC(Cc1cccc(O)c1)NC(=O)NC(CCC(=O)O)Cc1ccccc1. The van der Waals surface area contributed by atoms with E-state index < -0.39 is 5.97 Å². The molecule has 0 saturated carbocycles. The summed E-state index contributed by atoms with van der Waals surface area (Å²) in [6.45, 7) is 1.88. The molecule has 0 bridgehead atoms. The standard InChI is InChI=1S/C21H26N2O4/c1-15(12-17-8-5-9-19(24)14-17)22-21(27)23-18(10-11-20(25)26)13-16-6-3-2-4-7-16/h2-9,14-15,18,24H,10-13H2,1H3,(H,25,26)(H2,22,23,27). The third-order valence-corrected chi connectivity index (χ3v) is 4.20. The highest BCUT2D eigenvalue weighted by molar-refractivity contribution is 5.74. The molecule has 6 heteroatoms. The number of hydrogen-bond acceptors (Lipinski definition) is 3. The summed E-state index contributed by atoms with van der Waals surface area (Å²) in [5.74, 6) is -0.687. The van der Waals surface area contributed by atoms with Crippen LogP contribution in [0.2, 0.25) is 0 Å². The van der Waals surface area contributed by atoms with Crippen molar-refractivity contribution in [2.24, 2.45) is 0 Å². The van der Waals surface area contributed by atoms with Crippen LogP contribution < -0.4 is 10.6 Å². The van der Waals surface area contributed by atoms with Gasteiger partial charge in [-0.2, -0.15) is 0 Å². The predicted molar refractivity (Wildman–Crippen MR) is 104 cm³/mol. The number of urea groups is 1. The molecule has 2 rings (SSSR count). The molecule has 144 valence electrons. The molecule has 2 aromatic rings. The van der Waals surface area contributed by atoms with Crippen LogP contribution >= 0.6 is 0 Å². The highest BCUT2D eigenvalue weighted by Crippen LogP contribution is 2.13. The molecule has 0 aliphatic carbocycles. The summed E-state index contributed by atoms with van der Waals surface area (Å²) in [4.78, 5) is 23.2. The minimum Gasteiger partial charge on any atom is -0.508 e. The zero-order valence-corrected chi connectivity index (χ0v) is 15.4. The monoisotopic (exact) mass is 370 g/mol. The lowest BCUT2D eigenvalue weighted by Crippen LogP contribution is -2.46. The van der Waals surface area contributed by atoms with Gasteiger partial charge in [-0.05, 0) is 49.4 Å². The Balaban J connectivity index is 1.90. The molecule has 2 unspecified atom stereocenters. The fourth-order valence-electron chi connectivity index (χ4n) is 2.96. The zero-order valence-electron chi connectivity index (χ0n) is 15.4. The normalized spacial score (nSPS) is 12.8. The predicted octanol–water partition coefficient (Wildman–Crippen LogP) is 3.10. The van der Waals surface area contributed by atoms with E-state index in [2.05, 4.69) is 10.6 Å². The Hall–Kier alpha value is -3.02. The van der Waals surface area contributed by atoms with Gasteiger partial charge in [0.05, 0.1) is 0 Å². The number of phenolic OH excluding ortho intramolecular Hbond substituents is 1. The van der Waals surface area contributed by atoms with Crippen LogP contribution in [0.3, 0.4) is 0 Å². The minimum atomic E-state index is -0.882. The second kappa shape index (κ2) is 10.2. The summed E-state index contributed by atoms with van der Waals surface area (Å²) < 4.78 is 0. The second-order valence-electron chi connectivity index (χ2n) is 6.71. The number of aromatic hydroxyl groups is 1. The molecule has 2 atom stereocenters. The second-order valence-corrected chi connectivity index (χ2v) is 6.71. The lowest BCUT2D eigenvalue weighted by Gasteiger charge is -2.21. The fourth-order valence-corrected chi connectivity index (χ4v) is 2.96. The first-order valence-corrected chi connectivity index (χ1v) is 9.03. The smallest absolute Gasteiger partial charge is 0.315 e. The van der Waals surface area contributed by atoms with Crippen molar-refractivity contribution in [3.8, 4) is 5.75 Å². The molecule has 4 N–H and O–H groups in total. The number of hydrogen-bond donors (Lipinski definition) is 4. The number of aliphatic carboxylic acids is 1. The summed E-state index contributed by atoms with van der Waals surface area (Å²) in [6, 6.07) is 15.9. The van der Waals surface area contributed by atoms with Gasteiger partial charge >= 0.3 is 12.0 Å². The molecule has 2 amide bonds. The first kappa shape index (κ1) is 20.3. The number of nitrogens with one attached hydrogen (secondary N) is 2. The summed E-state index contributed by atoms with van der Waals surface area (Å²) in [5, 5.41) is 24.2. The molecule has 27 heavy (non-hydrogen) atoms. The molecule has 0 aromatic heterocycles. The van der Waals surface area contributed by atoms with E-state index in [1.165, 1.54) is 0 Å². The van der Waals surface area contributed by atoms with Gasteiger partial charge in [0.2, 0.25) is 0 Å². The quantitative estimate of drug-likeness (QED) is 0.545. The lowest BCUT2D eigenvalue weighted by atomic mass is 10.0. The lowest BCUT2D eigenvalue weighted by molar-refractivity contribution is -0.137. The average molecular weight is 370 g/mol. The van der Waals surface area contributed by atoms with Crippen molar-refractivity contribution < 1.29 is 19.8 Å². The van der Waals surface area contributed by atoms with Gasteiger partial charge in [0, 0.05) is 18.5 Å². The third-order valence-electron chi connectivity index (χ3n) is 4.20. The molecule has 6 nitrogen and oxygen atoms in total.